The average molecular weight is 483 g/mol. The second-order valence-corrected chi connectivity index (χ2v) is 8.84. The Labute approximate surface area is 203 Å². The van der Waals surface area contributed by atoms with Gasteiger partial charge in [0, 0.05) is 43.7 Å². The Balaban J connectivity index is 1.80. The number of halogens is 3. The van der Waals surface area contributed by atoms with Gasteiger partial charge in [-0.1, -0.05) is 24.1 Å². The topological polar surface area (TPSA) is 62.9 Å². The molecule has 2 aromatic heterocycles. The second-order valence-electron chi connectivity index (χ2n) is 8.84. The SMILES string of the molecule is COCCNCc1cccc2c1cc(C#CCCc1ccc(C(C)(C)C#N)nc1)n2CC(F)(F)F. The Kier molecular flexibility index (Phi) is 8.56. The van der Waals surface area contributed by atoms with E-state index in [1.165, 1.54) is 4.57 Å². The van der Waals surface area contributed by atoms with Crippen LogP contribution in [0.3, 0.4) is 0 Å². The number of pyridine rings is 1. The molecule has 0 radical (unpaired) electrons. The first-order valence-corrected chi connectivity index (χ1v) is 11.4. The number of hydrogen-bond donors (Lipinski definition) is 1. The van der Waals surface area contributed by atoms with Gasteiger partial charge in [0.15, 0.2) is 0 Å². The van der Waals surface area contributed by atoms with Crippen LogP contribution in [0.2, 0.25) is 0 Å². The molecule has 0 fully saturated rings. The Hall–Kier alpha value is -3.33. The summed E-state index contributed by atoms with van der Waals surface area (Å²) < 4.78 is 46.3. The summed E-state index contributed by atoms with van der Waals surface area (Å²) in [5, 5.41) is 13.2. The zero-order valence-electron chi connectivity index (χ0n) is 20.2. The number of alkyl halides is 3. The molecule has 0 atom stereocenters. The molecule has 0 bridgehead atoms. The maximum absolute atomic E-state index is 13.3. The predicted molar refractivity (Wildman–Crippen MR) is 130 cm³/mol. The Morgan fingerprint density at radius 2 is 1.97 bits per heavy atom. The quantitative estimate of drug-likeness (QED) is 0.340. The molecule has 0 spiro atoms. The van der Waals surface area contributed by atoms with Crippen molar-refractivity contribution in [3.8, 4) is 17.9 Å². The smallest absolute Gasteiger partial charge is 0.383 e. The third kappa shape index (κ3) is 7.08. The molecule has 2 heterocycles. The lowest BCUT2D eigenvalue weighted by atomic mass is 9.90. The van der Waals surface area contributed by atoms with Gasteiger partial charge in [0.25, 0.3) is 0 Å². The maximum Gasteiger partial charge on any atom is 0.406 e. The van der Waals surface area contributed by atoms with Crippen molar-refractivity contribution >= 4 is 10.9 Å². The first-order valence-electron chi connectivity index (χ1n) is 11.4. The molecule has 3 aromatic rings. The summed E-state index contributed by atoms with van der Waals surface area (Å²) in [5.74, 6) is 5.98. The molecular formula is C27H29F3N4O. The van der Waals surface area contributed by atoms with Crippen LogP contribution < -0.4 is 5.32 Å². The second kappa shape index (κ2) is 11.4. The highest BCUT2D eigenvalue weighted by Crippen LogP contribution is 2.28. The number of fused-ring (bicyclic) bond motifs is 1. The average Bonchev–Trinajstić information content (AvgIpc) is 3.16. The Morgan fingerprint density at radius 1 is 1.17 bits per heavy atom. The fourth-order valence-corrected chi connectivity index (χ4v) is 3.71. The Bertz CT molecular complexity index is 1240. The molecule has 0 aliphatic heterocycles. The van der Waals surface area contributed by atoms with Crippen LogP contribution in [-0.4, -0.2) is 36.0 Å². The van der Waals surface area contributed by atoms with Gasteiger partial charge in [-0.25, -0.2) is 0 Å². The molecule has 0 aliphatic rings. The maximum atomic E-state index is 13.3. The van der Waals surface area contributed by atoms with Crippen LogP contribution in [0.15, 0.2) is 42.6 Å². The van der Waals surface area contributed by atoms with Crippen LogP contribution in [0.5, 0.6) is 0 Å². The molecule has 35 heavy (non-hydrogen) atoms. The molecule has 3 rings (SSSR count). The van der Waals surface area contributed by atoms with E-state index in [1.54, 1.807) is 31.5 Å². The van der Waals surface area contributed by atoms with Crippen molar-refractivity contribution in [1.82, 2.24) is 14.9 Å². The Morgan fingerprint density at radius 3 is 2.63 bits per heavy atom. The van der Waals surface area contributed by atoms with Gasteiger partial charge in [-0.3, -0.25) is 4.98 Å². The van der Waals surface area contributed by atoms with E-state index in [0.717, 1.165) is 16.5 Å². The van der Waals surface area contributed by atoms with Gasteiger partial charge in [0.2, 0.25) is 0 Å². The van der Waals surface area contributed by atoms with E-state index in [1.807, 2.05) is 32.0 Å². The summed E-state index contributed by atoms with van der Waals surface area (Å²) in [6.45, 7) is 4.24. The van der Waals surface area contributed by atoms with E-state index in [9.17, 15) is 18.4 Å². The van der Waals surface area contributed by atoms with Crippen molar-refractivity contribution in [2.75, 3.05) is 20.3 Å². The third-order valence-corrected chi connectivity index (χ3v) is 5.67. The van der Waals surface area contributed by atoms with E-state index in [2.05, 4.69) is 28.2 Å². The lowest BCUT2D eigenvalue weighted by Gasteiger charge is -2.14. The van der Waals surface area contributed by atoms with Crippen molar-refractivity contribution < 1.29 is 17.9 Å². The van der Waals surface area contributed by atoms with E-state index in [4.69, 9.17) is 4.74 Å². The van der Waals surface area contributed by atoms with Gasteiger partial charge >= 0.3 is 6.18 Å². The van der Waals surface area contributed by atoms with E-state index in [-0.39, 0.29) is 0 Å². The van der Waals surface area contributed by atoms with Gasteiger partial charge in [0.1, 0.15) is 6.54 Å². The monoisotopic (exact) mass is 482 g/mol. The number of aromatic nitrogens is 2. The number of aryl methyl sites for hydroxylation is 1. The first kappa shape index (κ1) is 26.3. The number of ether oxygens (including phenoxy) is 1. The summed E-state index contributed by atoms with van der Waals surface area (Å²) in [4.78, 5) is 4.37. The third-order valence-electron chi connectivity index (χ3n) is 5.67. The van der Waals surface area contributed by atoms with Crippen LogP contribution >= 0.6 is 0 Å². The number of benzene rings is 1. The van der Waals surface area contributed by atoms with Crippen molar-refractivity contribution in [3.63, 3.8) is 0 Å². The summed E-state index contributed by atoms with van der Waals surface area (Å²) in [5.41, 5.74) is 2.75. The van der Waals surface area contributed by atoms with Crippen molar-refractivity contribution in [2.24, 2.45) is 0 Å². The van der Waals surface area contributed by atoms with Crippen molar-refractivity contribution in [2.45, 2.75) is 51.4 Å². The molecule has 1 N–H and O–H groups in total. The van der Waals surface area contributed by atoms with Crippen LogP contribution in [0.4, 0.5) is 13.2 Å². The molecule has 1 aromatic carbocycles. The normalized spacial score (nSPS) is 11.8. The molecule has 0 amide bonds. The number of methoxy groups -OCH3 is 1. The number of hydrogen-bond acceptors (Lipinski definition) is 4. The summed E-state index contributed by atoms with van der Waals surface area (Å²) in [7, 11) is 1.62. The van der Waals surface area contributed by atoms with Crippen molar-refractivity contribution in [1.29, 1.82) is 5.26 Å². The fraction of sp³-hybridized carbons (Fsp3) is 0.407. The minimum absolute atomic E-state index is 0.339. The lowest BCUT2D eigenvalue weighted by Crippen LogP contribution is -2.19. The molecule has 5 nitrogen and oxygen atoms in total. The zero-order chi connectivity index (χ0) is 25.5. The van der Waals surface area contributed by atoms with Gasteiger partial charge in [-0.05, 0) is 55.5 Å². The van der Waals surface area contributed by atoms with Crippen LogP contribution in [0.25, 0.3) is 10.9 Å². The predicted octanol–water partition coefficient (Wildman–Crippen LogP) is 5.12. The fourth-order valence-electron chi connectivity index (χ4n) is 3.71. The standard InChI is InChI=1S/C27H29F3N4O/c1-26(2,18-31)25-12-11-20(16-33-25)7-4-5-9-22-15-23-21(17-32-13-14-35-3)8-6-10-24(23)34(22)19-27(28,29)30/h6,8,10-12,15-16,32H,4,7,13-14,17,19H2,1-3H3. The molecule has 8 heteroatoms. The molecule has 184 valence electrons. The largest absolute Gasteiger partial charge is 0.406 e. The van der Waals surface area contributed by atoms with E-state index < -0.39 is 18.1 Å². The first-order chi connectivity index (χ1) is 16.6. The van der Waals surface area contributed by atoms with Crippen molar-refractivity contribution in [3.05, 3.63) is 65.1 Å². The van der Waals surface area contributed by atoms with Crippen LogP contribution in [0.1, 0.15) is 42.8 Å². The highest BCUT2D eigenvalue weighted by molar-refractivity contribution is 5.86. The van der Waals surface area contributed by atoms with Gasteiger partial charge in [-0.2, -0.15) is 18.4 Å². The highest BCUT2D eigenvalue weighted by atomic mass is 19.4. The van der Waals surface area contributed by atoms with E-state index in [0.29, 0.717) is 49.4 Å². The minimum Gasteiger partial charge on any atom is -0.383 e. The molecule has 0 saturated heterocycles. The van der Waals surface area contributed by atoms with Crippen LogP contribution in [-0.2, 0) is 29.7 Å². The summed E-state index contributed by atoms with van der Waals surface area (Å²) in [6.07, 6.45) is -1.55. The van der Waals surface area contributed by atoms with Gasteiger partial charge < -0.3 is 14.6 Å². The number of nitrogens with zero attached hydrogens (tertiary/aromatic N) is 3. The summed E-state index contributed by atoms with van der Waals surface area (Å²) >= 11 is 0. The summed E-state index contributed by atoms with van der Waals surface area (Å²) in [6, 6.07) is 13.1. The molecule has 0 saturated carbocycles. The zero-order valence-corrected chi connectivity index (χ0v) is 20.2. The molecular weight excluding hydrogens is 453 g/mol. The van der Waals surface area contributed by atoms with Gasteiger partial charge in [-0.15, -0.1) is 0 Å². The van der Waals surface area contributed by atoms with E-state index >= 15 is 0 Å². The minimum atomic E-state index is -4.36. The van der Waals surface area contributed by atoms with Crippen LogP contribution in [0, 0.1) is 23.2 Å². The number of rotatable bonds is 9. The number of nitriles is 1. The molecule has 0 aliphatic carbocycles. The highest BCUT2D eigenvalue weighted by Gasteiger charge is 2.29. The van der Waals surface area contributed by atoms with Gasteiger partial charge in [0.05, 0.1) is 29.5 Å². The number of nitrogens with one attached hydrogen (secondary N) is 1. The lowest BCUT2D eigenvalue weighted by molar-refractivity contribution is -0.140. The molecule has 0 unspecified atom stereocenters.